The normalized spacial score (nSPS) is 13.8. The van der Waals surface area contributed by atoms with Crippen LogP contribution in [-0.2, 0) is 22.5 Å². The second-order valence-corrected chi connectivity index (χ2v) is 9.19. The number of thiazole rings is 1. The zero-order valence-corrected chi connectivity index (χ0v) is 19.4. The van der Waals surface area contributed by atoms with Crippen LogP contribution < -0.4 is 5.32 Å². The number of carbonyl (C=O) groups excluding carboxylic acids is 2. The average molecular weight is 461 g/mol. The van der Waals surface area contributed by atoms with Crippen LogP contribution in [0.25, 0.3) is 21.1 Å². The number of ether oxygens (including phenoxy) is 1. The summed E-state index contributed by atoms with van der Waals surface area (Å²) in [6, 6.07) is 13.5. The second kappa shape index (κ2) is 8.88. The van der Waals surface area contributed by atoms with E-state index in [1.165, 1.54) is 11.3 Å². The number of pyridine rings is 1. The summed E-state index contributed by atoms with van der Waals surface area (Å²) in [6.07, 6.45) is 0.784. The first kappa shape index (κ1) is 21.5. The standard InChI is InChI=1S/C25H24N4O3S/c1-3-29-11-10-19-17(13-29)23(16-6-4-5-7-18(16)26-19)24(31)32-14-22(30)28-25-27-20-9-8-15(2)12-21(20)33-25/h4-9,12H,3,10-11,13-14H2,1-2H3,(H,27,28,30). The zero-order chi connectivity index (χ0) is 22.9. The van der Waals surface area contributed by atoms with Gasteiger partial charge in [0.1, 0.15) is 0 Å². The number of benzene rings is 2. The highest BCUT2D eigenvalue weighted by Crippen LogP contribution is 2.29. The lowest BCUT2D eigenvalue weighted by Gasteiger charge is -2.28. The molecule has 1 aliphatic rings. The van der Waals surface area contributed by atoms with Crippen molar-refractivity contribution in [2.24, 2.45) is 0 Å². The molecular weight excluding hydrogens is 436 g/mol. The van der Waals surface area contributed by atoms with Crippen molar-refractivity contribution in [2.75, 3.05) is 25.0 Å². The second-order valence-electron chi connectivity index (χ2n) is 8.16. The van der Waals surface area contributed by atoms with Gasteiger partial charge >= 0.3 is 5.97 Å². The minimum Gasteiger partial charge on any atom is -0.452 e. The lowest BCUT2D eigenvalue weighted by atomic mass is 9.96. The Bertz CT molecular complexity index is 1380. The number of amides is 1. The van der Waals surface area contributed by atoms with Gasteiger partial charge < -0.3 is 4.74 Å². The maximum Gasteiger partial charge on any atom is 0.339 e. The van der Waals surface area contributed by atoms with Crippen LogP contribution in [0, 0.1) is 6.92 Å². The number of fused-ring (bicyclic) bond motifs is 3. The van der Waals surface area contributed by atoms with Gasteiger partial charge in [0.2, 0.25) is 0 Å². The minimum absolute atomic E-state index is 0.378. The van der Waals surface area contributed by atoms with Crippen LogP contribution in [0.1, 0.15) is 34.1 Å². The first-order valence-corrected chi connectivity index (χ1v) is 11.8. The SMILES string of the molecule is CCN1CCc2nc3ccccc3c(C(=O)OCC(=O)Nc3nc4ccc(C)cc4s3)c2C1. The Balaban J connectivity index is 1.36. The van der Waals surface area contributed by atoms with Gasteiger partial charge in [-0.1, -0.05) is 42.5 Å². The summed E-state index contributed by atoms with van der Waals surface area (Å²) >= 11 is 1.40. The molecule has 0 unspecified atom stereocenters. The highest BCUT2D eigenvalue weighted by Gasteiger charge is 2.26. The van der Waals surface area contributed by atoms with Crippen LogP contribution in [0.5, 0.6) is 0 Å². The Morgan fingerprint density at radius 2 is 2.00 bits per heavy atom. The van der Waals surface area contributed by atoms with Gasteiger partial charge in [0.05, 0.1) is 21.3 Å². The molecule has 1 aliphatic heterocycles. The van der Waals surface area contributed by atoms with Crippen LogP contribution in [0.2, 0.25) is 0 Å². The molecule has 33 heavy (non-hydrogen) atoms. The van der Waals surface area contributed by atoms with Gasteiger partial charge in [-0.2, -0.15) is 0 Å². The summed E-state index contributed by atoms with van der Waals surface area (Å²) in [4.78, 5) is 37.2. The van der Waals surface area contributed by atoms with Gasteiger partial charge in [-0.3, -0.25) is 20.0 Å². The molecule has 0 atom stereocenters. The molecule has 5 rings (SSSR count). The average Bonchev–Trinajstić information content (AvgIpc) is 3.21. The van der Waals surface area contributed by atoms with Gasteiger partial charge in [-0.05, 0) is 37.2 Å². The first-order chi connectivity index (χ1) is 16.0. The van der Waals surface area contributed by atoms with E-state index in [2.05, 4.69) is 22.1 Å². The van der Waals surface area contributed by atoms with Crippen molar-refractivity contribution in [3.05, 3.63) is 64.8 Å². The molecule has 0 saturated heterocycles. The van der Waals surface area contributed by atoms with E-state index in [9.17, 15) is 9.59 Å². The molecular formula is C25H24N4O3S. The van der Waals surface area contributed by atoms with Crippen molar-refractivity contribution >= 4 is 49.5 Å². The van der Waals surface area contributed by atoms with Crippen LogP contribution in [-0.4, -0.2) is 46.4 Å². The number of likely N-dealkylation sites (N-methyl/N-ethyl adjacent to an activating group) is 1. The van der Waals surface area contributed by atoms with Gasteiger partial charge in [0.15, 0.2) is 11.7 Å². The highest BCUT2D eigenvalue weighted by atomic mass is 32.1. The summed E-state index contributed by atoms with van der Waals surface area (Å²) in [5, 5.41) is 3.98. The van der Waals surface area contributed by atoms with E-state index in [1.807, 2.05) is 49.4 Å². The van der Waals surface area contributed by atoms with Crippen LogP contribution in [0.15, 0.2) is 42.5 Å². The van der Waals surface area contributed by atoms with E-state index in [0.717, 1.165) is 57.5 Å². The third kappa shape index (κ3) is 4.31. The molecule has 4 aromatic rings. The largest absolute Gasteiger partial charge is 0.452 e. The third-order valence-corrected chi connectivity index (χ3v) is 6.84. The summed E-state index contributed by atoms with van der Waals surface area (Å²) < 4.78 is 6.48. The van der Waals surface area contributed by atoms with E-state index >= 15 is 0 Å². The molecule has 0 aliphatic carbocycles. The molecule has 1 amide bonds. The lowest BCUT2D eigenvalue weighted by Crippen LogP contribution is -2.32. The minimum atomic E-state index is -0.502. The molecule has 168 valence electrons. The maximum atomic E-state index is 13.2. The summed E-state index contributed by atoms with van der Waals surface area (Å²) in [5.41, 5.74) is 5.06. The monoisotopic (exact) mass is 460 g/mol. The highest BCUT2D eigenvalue weighted by molar-refractivity contribution is 7.22. The number of nitrogens with one attached hydrogen (secondary N) is 1. The molecule has 2 aromatic carbocycles. The molecule has 2 aromatic heterocycles. The molecule has 3 heterocycles. The number of anilines is 1. The predicted molar refractivity (Wildman–Crippen MR) is 130 cm³/mol. The Morgan fingerprint density at radius 1 is 1.15 bits per heavy atom. The smallest absolute Gasteiger partial charge is 0.339 e. The van der Waals surface area contributed by atoms with E-state index in [-0.39, 0.29) is 6.61 Å². The lowest BCUT2D eigenvalue weighted by molar-refractivity contribution is -0.119. The number of hydrogen-bond donors (Lipinski definition) is 1. The van der Waals surface area contributed by atoms with Crippen molar-refractivity contribution in [3.8, 4) is 0 Å². The molecule has 0 saturated carbocycles. The number of rotatable bonds is 5. The van der Waals surface area contributed by atoms with Gasteiger partial charge in [0.25, 0.3) is 5.91 Å². The molecule has 8 heteroatoms. The predicted octanol–water partition coefficient (Wildman–Crippen LogP) is 4.33. The number of nitrogens with zero attached hydrogens (tertiary/aromatic N) is 3. The van der Waals surface area contributed by atoms with E-state index in [0.29, 0.717) is 17.2 Å². The Hall–Kier alpha value is -3.36. The molecule has 1 N–H and O–H groups in total. The Morgan fingerprint density at radius 3 is 2.85 bits per heavy atom. The quantitative estimate of drug-likeness (QED) is 0.447. The van der Waals surface area contributed by atoms with Crippen molar-refractivity contribution in [3.63, 3.8) is 0 Å². The molecule has 0 bridgehead atoms. The third-order valence-electron chi connectivity index (χ3n) is 5.90. The van der Waals surface area contributed by atoms with Gasteiger partial charge in [-0.15, -0.1) is 0 Å². The maximum absolute atomic E-state index is 13.2. The topological polar surface area (TPSA) is 84.4 Å². The van der Waals surface area contributed by atoms with E-state index in [1.54, 1.807) is 0 Å². The first-order valence-electron chi connectivity index (χ1n) is 11.0. The van der Waals surface area contributed by atoms with Crippen LogP contribution >= 0.6 is 11.3 Å². The fraction of sp³-hybridized carbons (Fsp3) is 0.280. The number of hydrogen-bond acceptors (Lipinski definition) is 7. The van der Waals surface area contributed by atoms with Crippen molar-refractivity contribution in [2.45, 2.75) is 26.8 Å². The van der Waals surface area contributed by atoms with E-state index < -0.39 is 11.9 Å². The van der Waals surface area contributed by atoms with Gasteiger partial charge in [0, 0.05) is 36.2 Å². The number of aryl methyl sites for hydroxylation is 1. The van der Waals surface area contributed by atoms with E-state index in [4.69, 9.17) is 9.72 Å². The van der Waals surface area contributed by atoms with Crippen molar-refractivity contribution in [1.29, 1.82) is 0 Å². The molecule has 7 nitrogen and oxygen atoms in total. The zero-order valence-electron chi connectivity index (χ0n) is 18.6. The molecule has 0 fully saturated rings. The van der Waals surface area contributed by atoms with Crippen LogP contribution in [0.3, 0.4) is 0 Å². The number of carbonyl (C=O) groups is 2. The van der Waals surface area contributed by atoms with Crippen molar-refractivity contribution < 1.29 is 14.3 Å². The van der Waals surface area contributed by atoms with Crippen molar-refractivity contribution in [1.82, 2.24) is 14.9 Å². The molecule has 0 spiro atoms. The Kier molecular flexibility index (Phi) is 5.78. The Labute approximate surface area is 195 Å². The fourth-order valence-electron chi connectivity index (χ4n) is 4.19. The number of esters is 1. The van der Waals surface area contributed by atoms with Gasteiger partial charge in [-0.25, -0.2) is 9.78 Å². The van der Waals surface area contributed by atoms with Crippen LogP contribution in [0.4, 0.5) is 5.13 Å². The summed E-state index contributed by atoms with van der Waals surface area (Å²) in [7, 11) is 0. The number of para-hydroxylation sites is 1. The summed E-state index contributed by atoms with van der Waals surface area (Å²) in [6.45, 7) is 6.18. The molecule has 0 radical (unpaired) electrons. The number of aromatic nitrogens is 2. The fourth-order valence-corrected chi connectivity index (χ4v) is 5.17. The summed E-state index contributed by atoms with van der Waals surface area (Å²) in [5.74, 6) is -0.917.